The van der Waals surface area contributed by atoms with Gasteiger partial charge in [0.15, 0.2) is 0 Å². The highest BCUT2D eigenvalue weighted by Gasteiger charge is 2.12. The molecule has 0 bridgehead atoms. The maximum absolute atomic E-state index is 12.3. The molecule has 2 rings (SSSR count). The van der Waals surface area contributed by atoms with Gasteiger partial charge in [0.05, 0.1) is 6.61 Å². The summed E-state index contributed by atoms with van der Waals surface area (Å²) >= 11 is 0. The average molecular weight is 481 g/mol. The first kappa shape index (κ1) is 28.9. The summed E-state index contributed by atoms with van der Waals surface area (Å²) in [6.45, 7) is 7.07. The van der Waals surface area contributed by atoms with Crippen molar-refractivity contribution in [1.82, 2.24) is 0 Å². The Hall–Kier alpha value is -2.29. The molecule has 0 aliphatic heterocycles. The van der Waals surface area contributed by atoms with Crippen molar-refractivity contribution in [1.29, 1.82) is 0 Å². The lowest BCUT2D eigenvalue weighted by Gasteiger charge is -2.14. The van der Waals surface area contributed by atoms with Crippen LogP contribution in [0.5, 0.6) is 5.75 Å². The van der Waals surface area contributed by atoms with Crippen molar-refractivity contribution in [2.45, 2.75) is 117 Å². The minimum atomic E-state index is -0.223. The van der Waals surface area contributed by atoms with Crippen molar-refractivity contribution in [3.05, 3.63) is 54.1 Å². The minimum absolute atomic E-state index is 0.0867. The first-order chi connectivity index (χ1) is 17.1. The molecule has 0 spiro atoms. The monoisotopic (exact) mass is 480 g/mol. The van der Waals surface area contributed by atoms with Crippen LogP contribution >= 0.6 is 0 Å². The molecular formula is C32H48O3. The number of carbonyl (C=O) groups is 1. The molecule has 0 heterocycles. The van der Waals surface area contributed by atoms with E-state index in [9.17, 15) is 4.79 Å². The van der Waals surface area contributed by atoms with Crippen LogP contribution in [0.1, 0.15) is 122 Å². The Kier molecular flexibility index (Phi) is 14.9. The number of carbonyl (C=O) groups excluding carboxylic acids is 1. The van der Waals surface area contributed by atoms with Crippen LogP contribution in [-0.4, -0.2) is 12.6 Å². The number of hydrogen-bond acceptors (Lipinski definition) is 3. The normalized spacial score (nSPS) is 11.9. The summed E-state index contributed by atoms with van der Waals surface area (Å²) in [5.74, 6) is 0.817. The molecule has 0 saturated carbocycles. The van der Waals surface area contributed by atoms with E-state index in [2.05, 4.69) is 50.2 Å². The number of rotatable bonds is 19. The van der Waals surface area contributed by atoms with E-state index in [-0.39, 0.29) is 12.1 Å². The van der Waals surface area contributed by atoms with Gasteiger partial charge in [-0.1, -0.05) is 121 Å². The van der Waals surface area contributed by atoms with E-state index in [4.69, 9.17) is 9.47 Å². The Labute approximate surface area is 214 Å². The molecular weight excluding hydrogens is 432 g/mol. The molecule has 35 heavy (non-hydrogen) atoms. The van der Waals surface area contributed by atoms with Crippen LogP contribution in [0.25, 0.3) is 11.1 Å². The standard InChI is InChI=1S/C32H48O3/c1-4-6-7-8-9-10-11-12-13-14-15-16-17-32(33)35-27(3)28-18-20-29(21-19-28)30-22-24-31(25-23-30)34-26-5-2/h18-25,27H,4-17,26H2,1-3H3. The highest BCUT2D eigenvalue weighted by molar-refractivity contribution is 5.69. The predicted octanol–water partition coefficient (Wildman–Crippen LogP) is 9.84. The topological polar surface area (TPSA) is 35.5 Å². The second kappa shape index (κ2) is 18.0. The summed E-state index contributed by atoms with van der Waals surface area (Å²) in [7, 11) is 0. The molecule has 3 nitrogen and oxygen atoms in total. The van der Waals surface area contributed by atoms with E-state index in [1.165, 1.54) is 64.2 Å². The minimum Gasteiger partial charge on any atom is -0.494 e. The third-order valence-electron chi connectivity index (χ3n) is 6.58. The Bertz CT molecular complexity index is 795. The van der Waals surface area contributed by atoms with Crippen molar-refractivity contribution in [2.24, 2.45) is 0 Å². The van der Waals surface area contributed by atoms with E-state index in [1.807, 2.05) is 19.1 Å². The van der Waals surface area contributed by atoms with Crippen molar-refractivity contribution in [2.75, 3.05) is 6.61 Å². The number of hydrogen-bond donors (Lipinski definition) is 0. The molecule has 3 heteroatoms. The van der Waals surface area contributed by atoms with Gasteiger partial charge in [0.25, 0.3) is 0 Å². The van der Waals surface area contributed by atoms with Crippen LogP contribution < -0.4 is 4.74 Å². The van der Waals surface area contributed by atoms with Crippen molar-refractivity contribution < 1.29 is 14.3 Å². The summed E-state index contributed by atoms with van der Waals surface area (Å²) in [6.07, 6.45) is 16.9. The van der Waals surface area contributed by atoms with Crippen LogP contribution in [0.15, 0.2) is 48.5 Å². The molecule has 1 atom stereocenters. The lowest BCUT2D eigenvalue weighted by atomic mass is 10.0. The predicted molar refractivity (Wildman–Crippen MR) is 148 cm³/mol. The molecule has 0 aliphatic carbocycles. The maximum atomic E-state index is 12.3. The molecule has 0 N–H and O–H groups in total. The second-order valence-electron chi connectivity index (χ2n) is 9.77. The zero-order valence-corrected chi connectivity index (χ0v) is 22.5. The zero-order chi connectivity index (χ0) is 25.1. The Balaban J connectivity index is 1.59. The molecule has 1 unspecified atom stereocenters. The van der Waals surface area contributed by atoms with Crippen LogP contribution in [-0.2, 0) is 9.53 Å². The van der Waals surface area contributed by atoms with Gasteiger partial charge in [0.1, 0.15) is 11.9 Å². The molecule has 194 valence electrons. The fourth-order valence-electron chi connectivity index (χ4n) is 4.34. The summed E-state index contributed by atoms with van der Waals surface area (Å²) in [5, 5.41) is 0. The van der Waals surface area contributed by atoms with E-state index < -0.39 is 0 Å². The van der Waals surface area contributed by atoms with Gasteiger partial charge in [-0.25, -0.2) is 0 Å². The van der Waals surface area contributed by atoms with Crippen molar-refractivity contribution in [3.8, 4) is 16.9 Å². The third-order valence-corrected chi connectivity index (χ3v) is 6.58. The number of ether oxygens (including phenoxy) is 2. The van der Waals surface area contributed by atoms with Gasteiger partial charge >= 0.3 is 5.97 Å². The van der Waals surface area contributed by atoms with E-state index in [1.54, 1.807) is 0 Å². The van der Waals surface area contributed by atoms with Gasteiger partial charge in [-0.2, -0.15) is 0 Å². The lowest BCUT2D eigenvalue weighted by molar-refractivity contribution is -0.148. The Morgan fingerprint density at radius 2 is 1.14 bits per heavy atom. The highest BCUT2D eigenvalue weighted by Crippen LogP contribution is 2.26. The quantitative estimate of drug-likeness (QED) is 0.148. The van der Waals surface area contributed by atoms with Crippen LogP contribution in [0.4, 0.5) is 0 Å². The Morgan fingerprint density at radius 3 is 1.66 bits per heavy atom. The molecule has 0 fully saturated rings. The summed E-state index contributed by atoms with van der Waals surface area (Å²) in [6, 6.07) is 16.5. The Morgan fingerprint density at radius 1 is 0.657 bits per heavy atom. The average Bonchev–Trinajstić information content (AvgIpc) is 2.88. The van der Waals surface area contributed by atoms with Gasteiger partial charge in [-0.15, -0.1) is 0 Å². The van der Waals surface area contributed by atoms with E-state index in [0.29, 0.717) is 6.42 Å². The fraction of sp³-hybridized carbons (Fsp3) is 0.594. The zero-order valence-electron chi connectivity index (χ0n) is 22.5. The molecule has 0 radical (unpaired) electrons. The number of unbranched alkanes of at least 4 members (excludes halogenated alkanes) is 11. The molecule has 2 aromatic carbocycles. The van der Waals surface area contributed by atoms with Gasteiger partial charge < -0.3 is 9.47 Å². The first-order valence-electron chi connectivity index (χ1n) is 14.2. The fourth-order valence-corrected chi connectivity index (χ4v) is 4.34. The van der Waals surface area contributed by atoms with Gasteiger partial charge in [-0.3, -0.25) is 4.79 Å². The van der Waals surface area contributed by atoms with E-state index >= 15 is 0 Å². The third kappa shape index (κ3) is 12.3. The van der Waals surface area contributed by atoms with Crippen molar-refractivity contribution in [3.63, 3.8) is 0 Å². The van der Waals surface area contributed by atoms with Crippen LogP contribution in [0.2, 0.25) is 0 Å². The molecule has 0 aromatic heterocycles. The van der Waals surface area contributed by atoms with Gasteiger partial charge in [-0.05, 0) is 48.6 Å². The second-order valence-corrected chi connectivity index (χ2v) is 9.77. The molecule has 0 amide bonds. The largest absolute Gasteiger partial charge is 0.494 e. The summed E-state index contributed by atoms with van der Waals surface area (Å²) in [4.78, 5) is 12.3. The van der Waals surface area contributed by atoms with Gasteiger partial charge in [0, 0.05) is 6.42 Å². The highest BCUT2D eigenvalue weighted by atomic mass is 16.5. The summed E-state index contributed by atoms with van der Waals surface area (Å²) < 4.78 is 11.3. The lowest BCUT2D eigenvalue weighted by Crippen LogP contribution is -2.08. The van der Waals surface area contributed by atoms with Crippen LogP contribution in [0, 0.1) is 0 Å². The summed E-state index contributed by atoms with van der Waals surface area (Å²) in [5.41, 5.74) is 3.32. The van der Waals surface area contributed by atoms with Gasteiger partial charge in [0.2, 0.25) is 0 Å². The maximum Gasteiger partial charge on any atom is 0.306 e. The smallest absolute Gasteiger partial charge is 0.306 e. The molecule has 2 aromatic rings. The van der Waals surface area contributed by atoms with E-state index in [0.717, 1.165) is 48.3 Å². The number of benzene rings is 2. The van der Waals surface area contributed by atoms with Crippen LogP contribution in [0.3, 0.4) is 0 Å². The molecule has 0 saturated heterocycles. The first-order valence-corrected chi connectivity index (χ1v) is 14.2. The number of esters is 1. The molecule has 0 aliphatic rings. The van der Waals surface area contributed by atoms with Crippen molar-refractivity contribution >= 4 is 5.97 Å². The SMILES string of the molecule is CCCCCCCCCCCCCCC(=O)OC(C)c1ccc(-c2ccc(OCCC)cc2)cc1.